The molecular weight excluding hydrogens is 182 g/mol. The number of thioether (sulfide) groups is 1. The summed E-state index contributed by atoms with van der Waals surface area (Å²) in [5.41, 5.74) is -0.162. The fourth-order valence-electron chi connectivity index (χ4n) is 1.39. The number of nitriles is 1. The van der Waals surface area contributed by atoms with Crippen molar-refractivity contribution in [3.63, 3.8) is 0 Å². The van der Waals surface area contributed by atoms with E-state index in [-0.39, 0.29) is 11.5 Å². The van der Waals surface area contributed by atoms with Gasteiger partial charge < -0.3 is 4.74 Å². The van der Waals surface area contributed by atoms with Crippen molar-refractivity contribution < 1.29 is 4.74 Å². The summed E-state index contributed by atoms with van der Waals surface area (Å²) in [4.78, 5) is 0. The number of nitrogens with zero attached hydrogens (tertiary/aromatic N) is 1. The van der Waals surface area contributed by atoms with Crippen LogP contribution in [0.2, 0.25) is 0 Å². The highest BCUT2D eigenvalue weighted by Crippen LogP contribution is 2.22. The lowest BCUT2D eigenvalue weighted by molar-refractivity contribution is -0.0214. The molecule has 0 saturated carbocycles. The lowest BCUT2D eigenvalue weighted by Gasteiger charge is -2.26. The third kappa shape index (κ3) is 5.95. The molecule has 3 heteroatoms. The SMILES string of the molecule is CCOC(C)(C)CC(C#N)CSC. The van der Waals surface area contributed by atoms with Crippen molar-refractivity contribution in [2.45, 2.75) is 32.8 Å². The molecule has 0 rings (SSSR count). The van der Waals surface area contributed by atoms with Gasteiger partial charge in [-0.1, -0.05) is 0 Å². The molecule has 0 aromatic carbocycles. The van der Waals surface area contributed by atoms with E-state index in [1.807, 2.05) is 27.0 Å². The van der Waals surface area contributed by atoms with Crippen LogP contribution in [-0.2, 0) is 4.74 Å². The molecule has 2 nitrogen and oxygen atoms in total. The van der Waals surface area contributed by atoms with E-state index in [1.54, 1.807) is 11.8 Å². The zero-order valence-corrected chi connectivity index (χ0v) is 9.78. The van der Waals surface area contributed by atoms with Crippen molar-refractivity contribution >= 4 is 11.8 Å². The van der Waals surface area contributed by atoms with E-state index >= 15 is 0 Å². The fraction of sp³-hybridized carbons (Fsp3) is 0.900. The molecule has 0 saturated heterocycles. The maximum Gasteiger partial charge on any atom is 0.0665 e. The first-order chi connectivity index (χ1) is 6.05. The second-order valence-electron chi connectivity index (χ2n) is 3.68. The van der Waals surface area contributed by atoms with Gasteiger partial charge >= 0.3 is 0 Å². The minimum atomic E-state index is -0.162. The van der Waals surface area contributed by atoms with Crippen molar-refractivity contribution in [1.29, 1.82) is 5.26 Å². The standard InChI is InChI=1S/C10H19NOS/c1-5-12-10(2,3)6-9(7-11)8-13-4/h9H,5-6,8H2,1-4H3. The molecule has 0 N–H and O–H groups in total. The molecule has 0 fully saturated rings. The van der Waals surface area contributed by atoms with Crippen LogP contribution in [0.15, 0.2) is 0 Å². The van der Waals surface area contributed by atoms with Gasteiger partial charge in [-0.2, -0.15) is 17.0 Å². The maximum absolute atomic E-state index is 8.87. The summed E-state index contributed by atoms with van der Waals surface area (Å²) >= 11 is 1.72. The topological polar surface area (TPSA) is 33.0 Å². The predicted molar refractivity (Wildman–Crippen MR) is 57.8 cm³/mol. The first-order valence-electron chi connectivity index (χ1n) is 4.58. The Morgan fingerprint density at radius 1 is 1.54 bits per heavy atom. The Bertz CT molecular complexity index is 174. The van der Waals surface area contributed by atoms with Gasteiger partial charge in [0.25, 0.3) is 0 Å². The Hall–Kier alpha value is -0.200. The van der Waals surface area contributed by atoms with Gasteiger partial charge in [0.1, 0.15) is 0 Å². The molecule has 76 valence electrons. The summed E-state index contributed by atoms with van der Waals surface area (Å²) in [6.45, 7) is 6.78. The Morgan fingerprint density at radius 2 is 2.15 bits per heavy atom. The molecule has 0 aromatic rings. The maximum atomic E-state index is 8.87. The summed E-state index contributed by atoms with van der Waals surface area (Å²) in [7, 11) is 0. The van der Waals surface area contributed by atoms with Crippen LogP contribution in [0.5, 0.6) is 0 Å². The summed E-state index contributed by atoms with van der Waals surface area (Å²) in [6.07, 6.45) is 2.84. The lowest BCUT2D eigenvalue weighted by Crippen LogP contribution is -2.28. The zero-order chi connectivity index (χ0) is 10.3. The van der Waals surface area contributed by atoms with Gasteiger partial charge in [0.2, 0.25) is 0 Å². The minimum Gasteiger partial charge on any atom is -0.376 e. The normalized spacial score (nSPS) is 13.8. The van der Waals surface area contributed by atoms with Crippen molar-refractivity contribution in [3.05, 3.63) is 0 Å². The monoisotopic (exact) mass is 201 g/mol. The number of hydrogen-bond donors (Lipinski definition) is 0. The van der Waals surface area contributed by atoms with Crippen molar-refractivity contribution in [2.75, 3.05) is 18.6 Å². The Morgan fingerprint density at radius 3 is 2.54 bits per heavy atom. The summed E-state index contributed by atoms with van der Waals surface area (Å²) in [6, 6.07) is 2.32. The quantitative estimate of drug-likeness (QED) is 0.662. The molecule has 1 atom stereocenters. The Balaban J connectivity index is 3.99. The van der Waals surface area contributed by atoms with Gasteiger partial charge in [0.15, 0.2) is 0 Å². The molecule has 0 heterocycles. The van der Waals surface area contributed by atoms with E-state index in [2.05, 4.69) is 6.07 Å². The van der Waals surface area contributed by atoms with E-state index in [9.17, 15) is 0 Å². The first-order valence-corrected chi connectivity index (χ1v) is 5.97. The molecule has 0 aliphatic heterocycles. The molecular formula is C10H19NOS. The highest BCUT2D eigenvalue weighted by Gasteiger charge is 2.22. The number of ether oxygens (including phenoxy) is 1. The lowest BCUT2D eigenvalue weighted by atomic mass is 9.95. The summed E-state index contributed by atoms with van der Waals surface area (Å²) in [5, 5.41) is 8.87. The van der Waals surface area contributed by atoms with Crippen LogP contribution in [0.25, 0.3) is 0 Å². The third-order valence-electron chi connectivity index (χ3n) is 1.82. The van der Waals surface area contributed by atoms with Crippen LogP contribution < -0.4 is 0 Å². The van der Waals surface area contributed by atoms with Crippen LogP contribution in [0.3, 0.4) is 0 Å². The largest absolute Gasteiger partial charge is 0.376 e. The molecule has 0 amide bonds. The highest BCUT2D eigenvalue weighted by atomic mass is 32.2. The van der Waals surface area contributed by atoms with Crippen molar-refractivity contribution in [1.82, 2.24) is 0 Å². The van der Waals surface area contributed by atoms with Crippen molar-refractivity contribution in [3.8, 4) is 6.07 Å². The number of hydrogen-bond acceptors (Lipinski definition) is 3. The third-order valence-corrected chi connectivity index (χ3v) is 2.56. The average molecular weight is 201 g/mol. The molecule has 0 bridgehead atoms. The molecule has 0 aliphatic carbocycles. The van der Waals surface area contributed by atoms with Crippen molar-refractivity contribution in [2.24, 2.45) is 5.92 Å². The molecule has 0 spiro atoms. The van der Waals surface area contributed by atoms with Gasteiger partial charge in [-0.3, -0.25) is 0 Å². The van der Waals surface area contributed by atoms with Gasteiger partial charge in [-0.05, 0) is 33.4 Å². The van der Waals surface area contributed by atoms with E-state index in [0.29, 0.717) is 6.61 Å². The average Bonchev–Trinajstić information content (AvgIpc) is 2.03. The molecule has 13 heavy (non-hydrogen) atoms. The first kappa shape index (κ1) is 12.8. The van der Waals surface area contributed by atoms with E-state index in [4.69, 9.17) is 10.00 Å². The summed E-state index contributed by atoms with van der Waals surface area (Å²) in [5.74, 6) is 1.00. The highest BCUT2D eigenvalue weighted by molar-refractivity contribution is 7.98. The van der Waals surface area contributed by atoms with Gasteiger partial charge in [-0.25, -0.2) is 0 Å². The summed E-state index contributed by atoms with van der Waals surface area (Å²) < 4.78 is 5.55. The second-order valence-corrected chi connectivity index (χ2v) is 4.59. The van der Waals surface area contributed by atoms with Gasteiger partial charge in [0.05, 0.1) is 17.6 Å². The van der Waals surface area contributed by atoms with Crippen LogP contribution in [0.1, 0.15) is 27.2 Å². The van der Waals surface area contributed by atoms with Gasteiger partial charge in [0, 0.05) is 12.4 Å². The minimum absolute atomic E-state index is 0.108. The van der Waals surface area contributed by atoms with Crippen LogP contribution >= 0.6 is 11.8 Å². The van der Waals surface area contributed by atoms with E-state index in [1.165, 1.54) is 0 Å². The zero-order valence-electron chi connectivity index (χ0n) is 8.96. The second kappa shape index (κ2) is 6.28. The molecule has 0 aliphatic rings. The molecule has 1 unspecified atom stereocenters. The molecule has 0 aromatic heterocycles. The van der Waals surface area contributed by atoms with E-state index < -0.39 is 0 Å². The van der Waals surface area contributed by atoms with Crippen LogP contribution in [-0.4, -0.2) is 24.2 Å². The number of rotatable bonds is 6. The smallest absolute Gasteiger partial charge is 0.0665 e. The Kier molecular flexibility index (Phi) is 6.19. The van der Waals surface area contributed by atoms with E-state index in [0.717, 1.165) is 12.2 Å². The predicted octanol–water partition coefficient (Wildman–Crippen LogP) is 2.69. The fourth-order valence-corrected chi connectivity index (χ4v) is 1.98. The molecule has 0 radical (unpaired) electrons. The van der Waals surface area contributed by atoms with Crippen LogP contribution in [0.4, 0.5) is 0 Å². The van der Waals surface area contributed by atoms with Crippen LogP contribution in [0, 0.1) is 17.2 Å². The van der Waals surface area contributed by atoms with Gasteiger partial charge in [-0.15, -0.1) is 0 Å². The Labute approximate surface area is 85.7 Å².